The van der Waals surface area contributed by atoms with Gasteiger partial charge in [0.15, 0.2) is 23.3 Å². The molecule has 0 fully saturated rings. The molecule has 2 N–H and O–H groups in total. The highest BCUT2D eigenvalue weighted by Gasteiger charge is 2.09. The van der Waals surface area contributed by atoms with E-state index in [2.05, 4.69) is 20.8 Å². The van der Waals surface area contributed by atoms with Crippen LogP contribution in [0.5, 0.6) is 11.5 Å². The van der Waals surface area contributed by atoms with E-state index in [1.165, 1.54) is 0 Å². The molecule has 2 aromatic carbocycles. The number of nitrogens with zero attached hydrogens (tertiary/aromatic N) is 4. The number of ether oxygens (including phenoxy) is 2. The third kappa shape index (κ3) is 5.25. The number of benzene rings is 2. The monoisotopic (exact) mass is 394 g/mol. The molecule has 3 rings (SSSR count). The molecule has 0 bridgehead atoms. The summed E-state index contributed by atoms with van der Waals surface area (Å²) in [5, 5.41) is 14.9. The molecule has 8 nitrogen and oxygen atoms in total. The van der Waals surface area contributed by atoms with Crippen LogP contribution in [0.2, 0.25) is 0 Å². The number of anilines is 1. The Morgan fingerprint density at radius 1 is 1.03 bits per heavy atom. The lowest BCUT2D eigenvalue weighted by Crippen LogP contribution is -2.31. The largest absolute Gasteiger partial charge is 0.493 e. The maximum Gasteiger partial charge on any atom is 0.196 e. The predicted octanol–water partition coefficient (Wildman–Crippen LogP) is 2.90. The average molecular weight is 394 g/mol. The van der Waals surface area contributed by atoms with Crippen LogP contribution in [0.1, 0.15) is 17.2 Å². The molecular weight excluding hydrogens is 368 g/mol. The molecule has 0 saturated heterocycles. The number of aliphatic imine (C=N–C) groups is 1. The second-order valence-corrected chi connectivity index (χ2v) is 6.42. The number of nitrogens with one attached hydrogen (secondary N) is 2. The summed E-state index contributed by atoms with van der Waals surface area (Å²) in [6.07, 6.45) is 0. The summed E-state index contributed by atoms with van der Waals surface area (Å²) in [5.74, 6) is 3.62. The van der Waals surface area contributed by atoms with Gasteiger partial charge in [-0.1, -0.05) is 30.3 Å². The third-order valence-electron chi connectivity index (χ3n) is 4.51. The second-order valence-electron chi connectivity index (χ2n) is 6.42. The van der Waals surface area contributed by atoms with Gasteiger partial charge in [-0.3, -0.25) is 0 Å². The molecule has 1 heterocycles. The normalized spacial score (nSPS) is 11.2. The Bertz CT molecular complexity index is 969. The van der Waals surface area contributed by atoms with Crippen molar-refractivity contribution in [1.29, 1.82) is 0 Å². The van der Waals surface area contributed by atoms with Crippen molar-refractivity contribution < 1.29 is 9.47 Å². The Morgan fingerprint density at radius 2 is 1.79 bits per heavy atom. The Balaban J connectivity index is 1.79. The van der Waals surface area contributed by atoms with Gasteiger partial charge in [-0.2, -0.15) is 0 Å². The van der Waals surface area contributed by atoms with E-state index in [-0.39, 0.29) is 0 Å². The van der Waals surface area contributed by atoms with E-state index in [0.29, 0.717) is 30.5 Å². The minimum absolute atomic E-state index is 0.491. The number of hydrogen-bond acceptors (Lipinski definition) is 5. The van der Waals surface area contributed by atoms with Gasteiger partial charge in [0.05, 0.1) is 27.3 Å². The van der Waals surface area contributed by atoms with Crippen LogP contribution in [0.15, 0.2) is 53.5 Å². The van der Waals surface area contributed by atoms with Crippen molar-refractivity contribution in [3.8, 4) is 11.5 Å². The first-order chi connectivity index (χ1) is 14.1. The van der Waals surface area contributed by atoms with Gasteiger partial charge in [0.2, 0.25) is 0 Å². The van der Waals surface area contributed by atoms with Gasteiger partial charge in [0.25, 0.3) is 0 Å². The highest BCUT2D eigenvalue weighted by Crippen LogP contribution is 2.29. The maximum atomic E-state index is 5.39. The lowest BCUT2D eigenvalue weighted by atomic mass is 10.2. The Labute approximate surface area is 170 Å². The van der Waals surface area contributed by atoms with E-state index < -0.39 is 0 Å². The van der Waals surface area contributed by atoms with Crippen molar-refractivity contribution in [3.63, 3.8) is 0 Å². The third-order valence-corrected chi connectivity index (χ3v) is 4.51. The number of aryl methyl sites for hydroxylation is 1. The quantitative estimate of drug-likeness (QED) is 0.473. The summed E-state index contributed by atoms with van der Waals surface area (Å²) in [6, 6.07) is 15.7. The van der Waals surface area contributed by atoms with E-state index >= 15 is 0 Å². The molecule has 0 aliphatic heterocycles. The second kappa shape index (κ2) is 9.59. The molecule has 0 atom stereocenters. The average Bonchev–Trinajstić information content (AvgIpc) is 3.08. The van der Waals surface area contributed by atoms with Crippen molar-refractivity contribution in [3.05, 3.63) is 65.7 Å². The molecule has 3 aromatic rings. The van der Waals surface area contributed by atoms with Crippen LogP contribution in [0.3, 0.4) is 0 Å². The molecule has 0 radical (unpaired) electrons. The van der Waals surface area contributed by atoms with Crippen LogP contribution >= 0.6 is 0 Å². The van der Waals surface area contributed by atoms with Crippen LogP contribution in [0.4, 0.5) is 5.69 Å². The van der Waals surface area contributed by atoms with E-state index in [1.54, 1.807) is 14.2 Å². The number of guanidine groups is 1. The van der Waals surface area contributed by atoms with E-state index in [4.69, 9.17) is 14.5 Å². The number of aromatic nitrogens is 3. The molecule has 1 aromatic heterocycles. The van der Waals surface area contributed by atoms with E-state index in [1.807, 2.05) is 67.1 Å². The lowest BCUT2D eigenvalue weighted by molar-refractivity contribution is 0.355. The van der Waals surface area contributed by atoms with E-state index in [0.717, 1.165) is 22.9 Å². The van der Waals surface area contributed by atoms with Gasteiger partial charge >= 0.3 is 0 Å². The molecule has 0 amide bonds. The Morgan fingerprint density at radius 3 is 2.45 bits per heavy atom. The first kappa shape index (κ1) is 20.2. The predicted molar refractivity (Wildman–Crippen MR) is 113 cm³/mol. The molecule has 0 aliphatic carbocycles. The minimum atomic E-state index is 0.491. The molecular formula is C21H26N6O2. The number of methoxy groups -OCH3 is 2. The minimum Gasteiger partial charge on any atom is -0.493 e. The molecule has 0 unspecified atom stereocenters. The SMILES string of the molecule is COc1ccc(NC(=NCc2ccccc2)NCc2nnc(C)n2C)cc1OC. The zero-order chi connectivity index (χ0) is 20.6. The summed E-state index contributed by atoms with van der Waals surface area (Å²) < 4.78 is 12.6. The molecule has 0 aliphatic rings. The van der Waals surface area contributed by atoms with Crippen molar-refractivity contribution in [2.45, 2.75) is 20.0 Å². The highest BCUT2D eigenvalue weighted by atomic mass is 16.5. The van der Waals surface area contributed by atoms with Crippen molar-refractivity contribution in [2.24, 2.45) is 12.0 Å². The molecule has 0 spiro atoms. The summed E-state index contributed by atoms with van der Waals surface area (Å²) in [6.45, 7) is 2.95. The molecule has 29 heavy (non-hydrogen) atoms. The van der Waals surface area contributed by atoms with Crippen LogP contribution in [-0.2, 0) is 20.1 Å². The standard InChI is InChI=1S/C21H26N6O2/c1-15-25-26-20(27(15)2)14-23-21(22-13-16-8-6-5-7-9-16)24-17-10-11-18(28-3)19(12-17)29-4/h5-12H,13-14H2,1-4H3,(H2,22,23,24). The lowest BCUT2D eigenvalue weighted by Gasteiger charge is -2.14. The molecule has 152 valence electrons. The van der Waals surface area contributed by atoms with Crippen LogP contribution in [0, 0.1) is 6.92 Å². The van der Waals surface area contributed by atoms with Crippen LogP contribution in [0.25, 0.3) is 0 Å². The van der Waals surface area contributed by atoms with Gasteiger partial charge in [-0.05, 0) is 24.6 Å². The topological polar surface area (TPSA) is 85.6 Å². The summed E-state index contributed by atoms with van der Waals surface area (Å²) in [5.41, 5.74) is 1.95. The van der Waals surface area contributed by atoms with Gasteiger partial charge in [-0.15, -0.1) is 10.2 Å². The molecule has 8 heteroatoms. The zero-order valence-corrected chi connectivity index (χ0v) is 17.1. The maximum absolute atomic E-state index is 5.39. The van der Waals surface area contributed by atoms with E-state index in [9.17, 15) is 0 Å². The Hall–Kier alpha value is -3.55. The van der Waals surface area contributed by atoms with Crippen molar-refractivity contribution in [2.75, 3.05) is 19.5 Å². The van der Waals surface area contributed by atoms with Crippen LogP contribution < -0.4 is 20.1 Å². The number of hydrogen-bond donors (Lipinski definition) is 2. The summed E-state index contributed by atoms with van der Waals surface area (Å²) in [4.78, 5) is 4.70. The molecule has 0 saturated carbocycles. The van der Waals surface area contributed by atoms with Gasteiger partial charge in [0, 0.05) is 18.8 Å². The first-order valence-corrected chi connectivity index (χ1v) is 9.27. The summed E-state index contributed by atoms with van der Waals surface area (Å²) in [7, 11) is 5.16. The number of rotatable bonds is 7. The summed E-state index contributed by atoms with van der Waals surface area (Å²) >= 11 is 0. The van der Waals surface area contributed by atoms with Crippen molar-refractivity contribution >= 4 is 11.6 Å². The van der Waals surface area contributed by atoms with Crippen molar-refractivity contribution in [1.82, 2.24) is 20.1 Å². The smallest absolute Gasteiger partial charge is 0.196 e. The van der Waals surface area contributed by atoms with Gasteiger partial charge < -0.3 is 24.7 Å². The fourth-order valence-corrected chi connectivity index (χ4v) is 2.71. The first-order valence-electron chi connectivity index (χ1n) is 9.27. The van der Waals surface area contributed by atoms with Gasteiger partial charge in [-0.25, -0.2) is 4.99 Å². The fourth-order valence-electron chi connectivity index (χ4n) is 2.71. The Kier molecular flexibility index (Phi) is 6.67. The van der Waals surface area contributed by atoms with Crippen LogP contribution in [-0.4, -0.2) is 34.9 Å². The highest BCUT2D eigenvalue weighted by molar-refractivity contribution is 5.93. The fraction of sp³-hybridized carbons (Fsp3) is 0.286. The van der Waals surface area contributed by atoms with Gasteiger partial charge in [0.1, 0.15) is 5.82 Å². The zero-order valence-electron chi connectivity index (χ0n) is 17.1.